The molecule has 144 heavy (non-hydrogen) atoms. The summed E-state index contributed by atoms with van der Waals surface area (Å²) in [6.07, 6.45) is 15.3. The summed E-state index contributed by atoms with van der Waals surface area (Å²) in [5.41, 5.74) is 8.21. The van der Waals surface area contributed by atoms with E-state index in [4.69, 9.17) is 26.5 Å². The topological polar surface area (TPSA) is 525 Å². The Morgan fingerprint density at radius 3 is 0.868 bits per heavy atom. The fraction of sp³-hybridized carbons (Fsp3) is 0.151. The van der Waals surface area contributed by atoms with Crippen LogP contribution in [0.5, 0.6) is 0 Å². The van der Waals surface area contributed by atoms with Gasteiger partial charge in [0.15, 0.2) is 14.9 Å². The summed E-state index contributed by atoms with van der Waals surface area (Å²) in [6.45, 7) is 23.1. The molecule has 16 aromatic heterocycles. The number of pyridine rings is 12. The van der Waals surface area contributed by atoms with Crippen molar-refractivity contribution in [3.05, 3.63) is 366 Å². The van der Waals surface area contributed by atoms with E-state index in [1.807, 2.05) is 90.3 Å². The zero-order chi connectivity index (χ0) is 102. The molecule has 36 nitrogen and oxygen atoms in total. The number of nitriles is 4. The second-order valence-corrected chi connectivity index (χ2v) is 38.3. The number of nitrogens with zero attached hydrogens (tertiary/aromatic N) is 21. The maximum Gasteiger partial charge on any atom is 0.333 e. The summed E-state index contributed by atoms with van der Waals surface area (Å²) in [5, 5.41) is 39.5. The Bertz CT molecular complexity index is 9590. The van der Waals surface area contributed by atoms with Crippen molar-refractivity contribution in [2.24, 2.45) is 0 Å². The Hall–Kier alpha value is -19.1. The van der Waals surface area contributed by atoms with Crippen LogP contribution >= 0.6 is 11.8 Å². The molecule has 20 rings (SSSR count). The summed E-state index contributed by atoms with van der Waals surface area (Å²) >= 11 is 1.55. The van der Waals surface area contributed by atoms with Gasteiger partial charge in [-0.25, -0.2) is 57.5 Å². The van der Waals surface area contributed by atoms with Crippen molar-refractivity contribution in [1.82, 2.24) is 98.0 Å². The number of fused-ring (bicyclic) bond motifs is 12. The number of thioether (sulfide) groups is 1. The lowest BCUT2D eigenvalue weighted by molar-refractivity contribution is -0.116. The maximum absolute atomic E-state index is 13.1. The van der Waals surface area contributed by atoms with E-state index in [-0.39, 0.29) is 50.1 Å². The average Bonchev–Trinajstić information content (AvgIpc) is 0.723. The highest BCUT2D eigenvalue weighted by Gasteiger charge is 2.28. The van der Waals surface area contributed by atoms with Gasteiger partial charge < -0.3 is 4.85 Å². The van der Waals surface area contributed by atoms with Gasteiger partial charge in [0.2, 0.25) is 0 Å². The molecular formula is C106H79N25O11S2. The SMILES string of the molecule is CC(=O)Cc1ccc(-c2ccc3ncc4c(=O)[nH]c(=O)n(-c5ccc(C(C)(C)C#N)cc5)c4c3n2)cn1.CC(C)(C#N)c1ccc(-n2c(=O)[nH]c(=O)c3cnc4ccc(-c5ccc(S(C)(=O)=O)nc5)nc4c32)cc1.CSc1ccc(-c2ccc3ncc4c(=O)[nH]c(=O)n(-c5ccc(C(C)(C)C#N)cc5)c4c3n2)cn1.[C-]#[N+]c1ccc(-c2ccc3ncc4c(=O)[nH]c(=O)n(-c5ccc(C(C)(C)C#N)cc5)c4c3n2)cn1. The van der Waals surface area contributed by atoms with Gasteiger partial charge >= 0.3 is 22.8 Å². The molecule has 0 saturated carbocycles. The molecule has 0 aliphatic rings. The van der Waals surface area contributed by atoms with Gasteiger partial charge in [-0.1, -0.05) is 61.2 Å². The molecule has 16 heterocycles. The Kier molecular flexibility index (Phi) is 25.7. The Labute approximate surface area is 819 Å². The lowest BCUT2D eigenvalue weighted by Crippen LogP contribution is -2.29. The third kappa shape index (κ3) is 18.9. The highest BCUT2D eigenvalue weighted by molar-refractivity contribution is 7.98. The van der Waals surface area contributed by atoms with E-state index in [1.54, 1.807) is 190 Å². The zero-order valence-corrected chi connectivity index (χ0v) is 80.1. The number of ketones is 1. The molecule has 0 fully saturated rings. The van der Waals surface area contributed by atoms with Gasteiger partial charge in [0.05, 0.1) is 162 Å². The van der Waals surface area contributed by atoms with Crippen LogP contribution in [0.2, 0.25) is 0 Å². The molecule has 4 N–H and O–H groups in total. The van der Waals surface area contributed by atoms with E-state index in [1.165, 1.54) is 62.2 Å². The molecule has 0 radical (unpaired) electrons. The number of aromatic nitrogens is 20. The second-order valence-electron chi connectivity index (χ2n) is 35.5. The third-order valence-electron chi connectivity index (χ3n) is 24.2. The van der Waals surface area contributed by atoms with Gasteiger partial charge in [0.1, 0.15) is 34.0 Å². The van der Waals surface area contributed by atoms with Crippen molar-refractivity contribution in [3.63, 3.8) is 0 Å². The third-order valence-corrected chi connectivity index (χ3v) is 25.8. The molecule has 0 spiro atoms. The Balaban J connectivity index is 0.000000132. The molecule has 0 aliphatic heterocycles. The van der Waals surface area contributed by atoms with Gasteiger partial charge in [0, 0.05) is 84.0 Å². The summed E-state index contributed by atoms with van der Waals surface area (Å²) in [6, 6.07) is 65.1. The molecule has 0 amide bonds. The van der Waals surface area contributed by atoms with Crippen LogP contribution in [0.1, 0.15) is 90.3 Å². The molecule has 0 atom stereocenters. The predicted octanol–water partition coefficient (Wildman–Crippen LogP) is 14.7. The maximum atomic E-state index is 13.1. The molecule has 20 aromatic rings. The molecule has 0 aliphatic carbocycles. The smallest absolute Gasteiger partial charge is 0.333 e. The van der Waals surface area contributed by atoms with Gasteiger partial charge in [-0.3, -0.25) is 87.1 Å². The lowest BCUT2D eigenvalue weighted by atomic mass is 9.86. The Morgan fingerprint density at radius 2 is 0.639 bits per heavy atom. The molecule has 0 bridgehead atoms. The number of aromatic amines is 4. The summed E-state index contributed by atoms with van der Waals surface area (Å²) in [4.78, 5) is 181. The van der Waals surface area contributed by atoms with Crippen molar-refractivity contribution < 1.29 is 13.2 Å². The average molecular weight is 1940 g/mol. The molecule has 0 saturated heterocycles. The van der Waals surface area contributed by atoms with E-state index < -0.39 is 76.5 Å². The molecule has 706 valence electrons. The van der Waals surface area contributed by atoms with Crippen LogP contribution in [0.25, 0.3) is 160 Å². The minimum absolute atomic E-state index is 0.0223. The molecule has 0 unspecified atom stereocenters. The standard InChI is InChI=1S/C28H22N6O3.C26H17N7O2.C26H20N6O4S.C26H20N6O2S/c1-16(35)12-19-7-4-17(13-30-19)22-10-11-23-24(32-22)25-21(14-31-23)26(36)33-27(37)34(25)20-8-5-18(6-9-20)28(2,3)15-29;1-26(2,14-27)16-5-7-17(8-6-16)33-23-18(24(34)32-25(33)35)13-29-20-10-9-19(31-22(20)23)15-4-11-21(28-3)30-12-15;1-26(2,14-27)16-5-7-17(8-6-16)32-23-18(24(33)31-25(32)34)13-28-20-10-9-19(30-22(20)23)15-4-11-21(29-12-15)37(3,35)36;1-26(2,14-27)16-5-7-17(8-6-16)32-23-18(24(33)31-25(32)34)13-28-20-10-9-19(30-22(20)23)15-4-11-21(35-3)29-12-15/h4-11,13-14H,12H2,1-3H3,(H,33,36,37);4-13H,1-2H3,(H,32,34,35);4-13H,1-3H3,(H,31,33,34);4-13H,1-3H3,(H,31,33,34). The minimum atomic E-state index is -3.46. The number of hydrogen-bond donors (Lipinski definition) is 4. The van der Waals surface area contributed by atoms with E-state index in [0.717, 1.165) is 39.1 Å². The minimum Gasteiger partial charge on any atom is -0.361 e. The monoisotopic (exact) mass is 1940 g/mol. The normalized spacial score (nSPS) is 11.6. The van der Waals surface area contributed by atoms with Crippen molar-refractivity contribution in [2.45, 2.75) is 100 Å². The number of carbonyl (C=O) groups excluding carboxylic acids is 1. The van der Waals surface area contributed by atoms with Crippen LogP contribution in [0.4, 0.5) is 5.82 Å². The van der Waals surface area contributed by atoms with Crippen molar-refractivity contribution in [2.75, 3.05) is 12.5 Å². The predicted molar refractivity (Wildman–Crippen MR) is 546 cm³/mol. The fourth-order valence-corrected chi connectivity index (χ4v) is 16.9. The fourth-order valence-electron chi connectivity index (χ4n) is 16.0. The van der Waals surface area contributed by atoms with E-state index in [2.05, 4.69) is 88.9 Å². The highest BCUT2D eigenvalue weighted by atomic mass is 32.2. The largest absolute Gasteiger partial charge is 0.361 e. The first-order valence-electron chi connectivity index (χ1n) is 44.2. The Morgan fingerprint density at radius 1 is 0.361 bits per heavy atom. The quantitative estimate of drug-likeness (QED) is 0.0396. The van der Waals surface area contributed by atoms with Gasteiger partial charge in [0.25, 0.3) is 28.1 Å². The van der Waals surface area contributed by atoms with Crippen LogP contribution in [0.15, 0.2) is 292 Å². The van der Waals surface area contributed by atoms with Crippen molar-refractivity contribution >= 4 is 121 Å². The van der Waals surface area contributed by atoms with Crippen LogP contribution in [0.3, 0.4) is 0 Å². The summed E-state index contributed by atoms with van der Waals surface area (Å²) in [7, 11) is -3.46. The first-order valence-corrected chi connectivity index (χ1v) is 47.3. The first kappa shape index (κ1) is 96.6. The molecule has 4 aromatic carbocycles. The first-order chi connectivity index (χ1) is 68.8. The number of carbonyl (C=O) groups is 1. The van der Waals surface area contributed by atoms with Crippen LogP contribution in [-0.4, -0.2) is 125 Å². The van der Waals surface area contributed by atoms with E-state index in [9.17, 15) is 72.6 Å². The van der Waals surface area contributed by atoms with Crippen LogP contribution in [0, 0.1) is 51.9 Å². The molecule has 38 heteroatoms. The summed E-state index contributed by atoms with van der Waals surface area (Å²) in [5.74, 6) is 0.291. The number of sulfone groups is 1. The van der Waals surface area contributed by atoms with E-state index in [0.29, 0.717) is 129 Å². The number of Topliss-reactive ketones (excluding diaryl/α,β-unsaturated/α-hetero) is 1. The summed E-state index contributed by atoms with van der Waals surface area (Å²) < 4.78 is 29.1. The second kappa shape index (κ2) is 38.4. The van der Waals surface area contributed by atoms with E-state index >= 15 is 0 Å². The van der Waals surface area contributed by atoms with Crippen LogP contribution < -0.4 is 45.0 Å². The number of nitrogens with one attached hydrogen (secondary N) is 4. The number of hydrogen-bond acceptors (Lipinski definition) is 28. The van der Waals surface area contributed by atoms with Gasteiger partial charge in [-0.2, -0.15) is 21.0 Å². The number of rotatable bonds is 16. The van der Waals surface area contributed by atoms with Crippen molar-refractivity contribution in [3.8, 4) is 92.1 Å². The number of H-pyrrole nitrogens is 4. The van der Waals surface area contributed by atoms with Crippen LogP contribution in [-0.2, 0) is 42.7 Å². The van der Waals surface area contributed by atoms with Gasteiger partial charge in [-0.05, 0) is 230 Å². The number of benzene rings is 4. The zero-order valence-electron chi connectivity index (χ0n) is 78.5. The lowest BCUT2D eigenvalue weighted by Gasteiger charge is -2.17. The van der Waals surface area contributed by atoms with Crippen molar-refractivity contribution in [1.29, 1.82) is 21.0 Å². The van der Waals surface area contributed by atoms with Gasteiger partial charge in [-0.15, -0.1) is 16.7 Å². The molecular weight excluding hydrogens is 1860 g/mol. The highest BCUT2D eigenvalue weighted by Crippen LogP contribution is 2.36.